The number of aliphatic hydroxyl groups excluding tert-OH is 1. The summed E-state index contributed by atoms with van der Waals surface area (Å²) in [5.41, 5.74) is 0. The van der Waals surface area contributed by atoms with Gasteiger partial charge in [0.15, 0.2) is 9.84 Å². The summed E-state index contributed by atoms with van der Waals surface area (Å²) in [6, 6.07) is 4.96. The van der Waals surface area contributed by atoms with Crippen LogP contribution in [0.4, 0.5) is 4.79 Å². The summed E-state index contributed by atoms with van der Waals surface area (Å²) in [5, 5.41) is 12.8. The average molecular weight is 359 g/mol. The lowest BCUT2D eigenvalue weighted by atomic mass is 10.2. The van der Waals surface area contributed by atoms with Gasteiger partial charge in [-0.05, 0) is 18.6 Å². The lowest BCUT2D eigenvalue weighted by Crippen LogP contribution is -2.48. The van der Waals surface area contributed by atoms with Crippen LogP contribution in [0.1, 0.15) is 6.42 Å². The Bertz CT molecular complexity index is 610. The van der Waals surface area contributed by atoms with Crippen LogP contribution in [0.2, 0.25) is 0 Å². The molecule has 1 saturated heterocycles. The molecule has 1 fully saturated rings. The van der Waals surface area contributed by atoms with Crippen molar-refractivity contribution >= 4 is 27.6 Å². The molecule has 0 spiro atoms. The van der Waals surface area contributed by atoms with Crippen LogP contribution in [0.5, 0.6) is 0 Å². The number of carbonyl (C=O) groups excluding carboxylic acids is 1. The zero-order valence-corrected chi connectivity index (χ0v) is 14.4. The summed E-state index contributed by atoms with van der Waals surface area (Å²) >= 11 is 1.53. The van der Waals surface area contributed by atoms with E-state index in [4.69, 9.17) is 5.11 Å². The number of aliphatic hydroxyl groups is 1. The van der Waals surface area contributed by atoms with Gasteiger partial charge in [-0.25, -0.2) is 18.2 Å². The molecule has 0 aliphatic carbocycles. The number of pyridine rings is 1. The Hall–Kier alpha value is -1.32. The first kappa shape index (κ1) is 18.0. The fraction of sp³-hybridized carbons (Fsp3) is 0.571. The predicted octanol–water partition coefficient (Wildman–Crippen LogP) is 0.365. The topological polar surface area (TPSA) is 99.6 Å². The van der Waals surface area contributed by atoms with Crippen molar-refractivity contribution in [1.82, 2.24) is 15.2 Å². The summed E-state index contributed by atoms with van der Waals surface area (Å²) in [5.74, 6) is 0.740. The zero-order chi connectivity index (χ0) is 16.7. The summed E-state index contributed by atoms with van der Waals surface area (Å²) in [4.78, 5) is 17.8. The minimum atomic E-state index is -3.07. The van der Waals surface area contributed by atoms with Crippen LogP contribution in [0.25, 0.3) is 0 Å². The maximum Gasteiger partial charge on any atom is 0.317 e. The van der Waals surface area contributed by atoms with Crippen LogP contribution in [0.15, 0.2) is 29.4 Å². The monoisotopic (exact) mass is 359 g/mol. The Labute approximate surface area is 140 Å². The van der Waals surface area contributed by atoms with Gasteiger partial charge in [0.05, 0.1) is 23.1 Å². The largest absolute Gasteiger partial charge is 0.395 e. The van der Waals surface area contributed by atoms with Crippen molar-refractivity contribution in [3.05, 3.63) is 24.4 Å². The van der Waals surface area contributed by atoms with Gasteiger partial charge < -0.3 is 15.3 Å². The molecule has 128 valence electrons. The first-order valence-electron chi connectivity index (χ1n) is 7.41. The van der Waals surface area contributed by atoms with E-state index < -0.39 is 9.84 Å². The smallest absolute Gasteiger partial charge is 0.317 e. The third-order valence-corrected chi connectivity index (χ3v) is 6.21. The van der Waals surface area contributed by atoms with Crippen LogP contribution < -0.4 is 5.32 Å². The number of urea groups is 1. The van der Waals surface area contributed by atoms with E-state index in [1.54, 1.807) is 6.20 Å². The Balaban J connectivity index is 1.79. The molecule has 2 rings (SSSR count). The maximum absolute atomic E-state index is 12.2. The number of sulfone groups is 1. The normalized spacial score (nSPS) is 19.4. The van der Waals surface area contributed by atoms with Crippen molar-refractivity contribution in [1.29, 1.82) is 0 Å². The van der Waals surface area contributed by atoms with E-state index in [0.29, 0.717) is 18.7 Å². The van der Waals surface area contributed by atoms with Crippen molar-refractivity contribution in [2.45, 2.75) is 17.5 Å². The molecule has 1 aromatic rings. The SMILES string of the molecule is O=C(NCCSc1ccccn1)N(CCO)[C@@H]1CCS(=O)(=O)C1. The lowest BCUT2D eigenvalue weighted by molar-refractivity contribution is 0.158. The highest BCUT2D eigenvalue weighted by molar-refractivity contribution is 7.99. The van der Waals surface area contributed by atoms with Crippen molar-refractivity contribution in [3.8, 4) is 0 Å². The second kappa shape index (κ2) is 8.51. The Kier molecular flexibility index (Phi) is 6.67. The minimum Gasteiger partial charge on any atom is -0.395 e. The molecule has 1 aromatic heterocycles. The van der Waals surface area contributed by atoms with E-state index in [0.717, 1.165) is 5.03 Å². The molecule has 0 radical (unpaired) electrons. The lowest BCUT2D eigenvalue weighted by Gasteiger charge is -2.27. The molecule has 1 aliphatic heterocycles. The number of rotatable bonds is 7. The first-order chi connectivity index (χ1) is 11.0. The van der Waals surface area contributed by atoms with Gasteiger partial charge in [-0.2, -0.15) is 0 Å². The molecule has 0 aromatic carbocycles. The third-order valence-electron chi connectivity index (χ3n) is 3.52. The molecule has 7 nitrogen and oxygen atoms in total. The summed E-state index contributed by atoms with van der Waals surface area (Å²) in [6.45, 7) is 0.396. The van der Waals surface area contributed by atoms with Gasteiger partial charge in [0.25, 0.3) is 0 Å². The van der Waals surface area contributed by atoms with E-state index in [1.165, 1.54) is 16.7 Å². The van der Waals surface area contributed by atoms with Crippen molar-refractivity contribution in [2.24, 2.45) is 0 Å². The second-order valence-corrected chi connectivity index (χ2v) is 8.57. The van der Waals surface area contributed by atoms with Gasteiger partial charge in [0, 0.05) is 31.1 Å². The third kappa shape index (κ3) is 5.67. The van der Waals surface area contributed by atoms with Crippen LogP contribution >= 0.6 is 11.8 Å². The van der Waals surface area contributed by atoms with Gasteiger partial charge in [-0.1, -0.05) is 6.07 Å². The highest BCUT2D eigenvalue weighted by atomic mass is 32.2. The Morgan fingerprint density at radius 1 is 1.48 bits per heavy atom. The van der Waals surface area contributed by atoms with Gasteiger partial charge >= 0.3 is 6.03 Å². The molecular formula is C14H21N3O4S2. The van der Waals surface area contributed by atoms with Crippen LogP contribution in [0.3, 0.4) is 0 Å². The van der Waals surface area contributed by atoms with Gasteiger partial charge in [0.2, 0.25) is 0 Å². The fourth-order valence-corrected chi connectivity index (χ4v) is 4.88. The average Bonchev–Trinajstić information content (AvgIpc) is 2.89. The van der Waals surface area contributed by atoms with Crippen LogP contribution in [0, 0.1) is 0 Å². The molecule has 2 amide bonds. The minimum absolute atomic E-state index is 0.0247. The molecule has 23 heavy (non-hydrogen) atoms. The summed E-state index contributed by atoms with van der Waals surface area (Å²) in [7, 11) is -3.07. The zero-order valence-electron chi connectivity index (χ0n) is 12.7. The maximum atomic E-state index is 12.2. The highest BCUT2D eigenvalue weighted by Gasteiger charge is 2.34. The second-order valence-electron chi connectivity index (χ2n) is 5.22. The number of nitrogens with zero attached hydrogens (tertiary/aromatic N) is 2. The van der Waals surface area contributed by atoms with Crippen LogP contribution in [-0.4, -0.2) is 72.4 Å². The standard InChI is InChI=1S/C14H21N3O4S2/c18-8-7-17(12-4-10-23(20,21)11-12)14(19)16-6-9-22-13-3-1-2-5-15-13/h1-3,5,12,18H,4,6-11H2,(H,16,19)/t12-/m1/s1. The molecule has 0 bridgehead atoms. The Morgan fingerprint density at radius 3 is 2.91 bits per heavy atom. The van der Waals surface area contributed by atoms with E-state index in [1.807, 2.05) is 18.2 Å². The molecular weight excluding hydrogens is 338 g/mol. The number of aromatic nitrogens is 1. The molecule has 9 heteroatoms. The van der Waals surface area contributed by atoms with Crippen molar-refractivity contribution in [3.63, 3.8) is 0 Å². The van der Waals surface area contributed by atoms with E-state index in [2.05, 4.69) is 10.3 Å². The van der Waals surface area contributed by atoms with E-state index in [-0.39, 0.29) is 36.7 Å². The number of carbonyl (C=O) groups is 1. The number of hydrogen-bond acceptors (Lipinski definition) is 6. The van der Waals surface area contributed by atoms with E-state index in [9.17, 15) is 13.2 Å². The van der Waals surface area contributed by atoms with Crippen molar-refractivity contribution < 1.29 is 18.3 Å². The fourth-order valence-electron chi connectivity index (χ4n) is 2.43. The summed E-state index contributed by atoms with van der Waals surface area (Å²) in [6.07, 6.45) is 2.14. The number of nitrogens with one attached hydrogen (secondary N) is 1. The molecule has 2 heterocycles. The highest BCUT2D eigenvalue weighted by Crippen LogP contribution is 2.18. The van der Waals surface area contributed by atoms with Crippen LogP contribution in [-0.2, 0) is 9.84 Å². The van der Waals surface area contributed by atoms with Gasteiger partial charge in [0.1, 0.15) is 0 Å². The van der Waals surface area contributed by atoms with Crippen molar-refractivity contribution in [2.75, 3.05) is 37.0 Å². The Morgan fingerprint density at radius 2 is 2.30 bits per heavy atom. The number of hydrogen-bond donors (Lipinski definition) is 2. The molecule has 0 saturated carbocycles. The van der Waals surface area contributed by atoms with E-state index >= 15 is 0 Å². The number of thioether (sulfide) groups is 1. The molecule has 1 atom stereocenters. The number of amides is 2. The van der Waals surface area contributed by atoms with Gasteiger partial charge in [-0.15, -0.1) is 11.8 Å². The molecule has 0 unspecified atom stereocenters. The molecule has 1 aliphatic rings. The quantitative estimate of drug-likeness (QED) is 0.539. The summed E-state index contributed by atoms with van der Waals surface area (Å²) < 4.78 is 23.1. The van der Waals surface area contributed by atoms with Gasteiger partial charge in [-0.3, -0.25) is 0 Å². The predicted molar refractivity (Wildman–Crippen MR) is 89.2 cm³/mol. The first-order valence-corrected chi connectivity index (χ1v) is 10.2. The molecule has 2 N–H and O–H groups in total.